The molecule has 0 bridgehead atoms. The van der Waals surface area contributed by atoms with Crippen LogP contribution in [0.25, 0.3) is 0 Å². The van der Waals surface area contributed by atoms with Crippen LogP contribution < -0.4 is 5.32 Å². The standard InChI is InChI=1S/C21H25IN2O2/c1-15-12-24(13-16(2)26-15)14-18-5-3-17(4-6-18)11-23-21(25)19-7-9-20(22)10-8-19/h3-10,15-16H,11-14H2,1-2H3,(H,23,25). The van der Waals surface area contributed by atoms with E-state index in [1.807, 2.05) is 24.3 Å². The zero-order valence-corrected chi connectivity index (χ0v) is 17.4. The van der Waals surface area contributed by atoms with Gasteiger partial charge in [-0.1, -0.05) is 24.3 Å². The van der Waals surface area contributed by atoms with Gasteiger partial charge in [-0.15, -0.1) is 0 Å². The van der Waals surface area contributed by atoms with Crippen LogP contribution in [0.1, 0.15) is 35.3 Å². The van der Waals surface area contributed by atoms with Gasteiger partial charge in [-0.25, -0.2) is 0 Å². The van der Waals surface area contributed by atoms with E-state index in [9.17, 15) is 4.79 Å². The zero-order chi connectivity index (χ0) is 18.5. The summed E-state index contributed by atoms with van der Waals surface area (Å²) in [5, 5.41) is 2.98. The van der Waals surface area contributed by atoms with Gasteiger partial charge in [0.2, 0.25) is 0 Å². The van der Waals surface area contributed by atoms with Crippen molar-refractivity contribution in [3.8, 4) is 0 Å². The summed E-state index contributed by atoms with van der Waals surface area (Å²) in [7, 11) is 0. The summed E-state index contributed by atoms with van der Waals surface area (Å²) < 4.78 is 6.91. The maximum absolute atomic E-state index is 12.2. The van der Waals surface area contributed by atoms with E-state index in [1.165, 1.54) is 5.56 Å². The second-order valence-electron chi connectivity index (χ2n) is 6.96. The normalized spacial score (nSPS) is 20.7. The smallest absolute Gasteiger partial charge is 0.251 e. The highest BCUT2D eigenvalue weighted by Gasteiger charge is 2.21. The summed E-state index contributed by atoms with van der Waals surface area (Å²) in [4.78, 5) is 14.6. The largest absolute Gasteiger partial charge is 0.373 e. The molecule has 1 aliphatic rings. The molecular weight excluding hydrogens is 439 g/mol. The Balaban J connectivity index is 1.51. The first-order valence-corrected chi connectivity index (χ1v) is 10.1. The third kappa shape index (κ3) is 5.53. The number of morpholine rings is 1. The maximum Gasteiger partial charge on any atom is 0.251 e. The maximum atomic E-state index is 12.2. The molecule has 0 spiro atoms. The number of nitrogens with one attached hydrogen (secondary N) is 1. The second-order valence-corrected chi connectivity index (χ2v) is 8.20. The van der Waals surface area contributed by atoms with Crippen molar-refractivity contribution in [1.29, 1.82) is 0 Å². The second kappa shape index (κ2) is 8.97. The third-order valence-corrected chi connectivity index (χ3v) is 5.20. The number of amides is 1. The molecule has 0 radical (unpaired) electrons. The molecule has 0 aliphatic carbocycles. The van der Waals surface area contributed by atoms with Crippen molar-refractivity contribution in [3.05, 3.63) is 68.8 Å². The molecule has 1 fully saturated rings. The van der Waals surface area contributed by atoms with Gasteiger partial charge in [0, 0.05) is 35.3 Å². The van der Waals surface area contributed by atoms with E-state index in [0.717, 1.165) is 28.8 Å². The number of ether oxygens (including phenoxy) is 1. The summed E-state index contributed by atoms with van der Waals surface area (Å²) in [6.45, 7) is 7.67. The van der Waals surface area contributed by atoms with Crippen molar-refractivity contribution >= 4 is 28.5 Å². The molecule has 0 aromatic heterocycles. The Morgan fingerprint density at radius 1 is 1.04 bits per heavy atom. The van der Waals surface area contributed by atoms with Gasteiger partial charge in [0.25, 0.3) is 5.91 Å². The molecule has 1 heterocycles. The SMILES string of the molecule is CC1CN(Cc2ccc(CNC(=O)c3ccc(I)cc3)cc2)CC(C)O1. The van der Waals surface area contributed by atoms with E-state index in [2.05, 4.69) is 70.9 Å². The van der Waals surface area contributed by atoms with E-state index >= 15 is 0 Å². The average Bonchev–Trinajstić information content (AvgIpc) is 2.60. The van der Waals surface area contributed by atoms with Gasteiger partial charge >= 0.3 is 0 Å². The third-order valence-electron chi connectivity index (χ3n) is 4.48. The predicted octanol–water partition coefficient (Wildman–Crippen LogP) is 3.83. The lowest BCUT2D eigenvalue weighted by atomic mass is 10.1. The minimum absolute atomic E-state index is 0.0400. The van der Waals surface area contributed by atoms with Gasteiger partial charge in [-0.3, -0.25) is 9.69 Å². The number of hydrogen-bond donors (Lipinski definition) is 1. The Morgan fingerprint density at radius 2 is 1.62 bits per heavy atom. The van der Waals surface area contributed by atoms with Crippen LogP contribution >= 0.6 is 22.6 Å². The fraction of sp³-hybridized carbons (Fsp3) is 0.381. The first-order valence-electron chi connectivity index (χ1n) is 8.99. The molecule has 138 valence electrons. The fourth-order valence-corrected chi connectivity index (χ4v) is 3.68. The Labute approximate surface area is 169 Å². The highest BCUT2D eigenvalue weighted by atomic mass is 127. The van der Waals surface area contributed by atoms with Crippen molar-refractivity contribution in [2.24, 2.45) is 0 Å². The van der Waals surface area contributed by atoms with Crippen LogP contribution in [0.4, 0.5) is 0 Å². The Hall–Kier alpha value is -1.44. The predicted molar refractivity (Wildman–Crippen MR) is 112 cm³/mol. The number of hydrogen-bond acceptors (Lipinski definition) is 3. The van der Waals surface area contributed by atoms with Gasteiger partial charge in [0.05, 0.1) is 12.2 Å². The monoisotopic (exact) mass is 464 g/mol. The molecule has 2 atom stereocenters. The lowest BCUT2D eigenvalue weighted by Crippen LogP contribution is -2.44. The summed E-state index contributed by atoms with van der Waals surface area (Å²) in [6.07, 6.45) is 0.573. The molecule has 1 N–H and O–H groups in total. The summed E-state index contributed by atoms with van der Waals surface area (Å²) in [5.41, 5.74) is 3.09. The number of nitrogens with zero attached hydrogens (tertiary/aromatic N) is 1. The lowest BCUT2D eigenvalue weighted by Gasteiger charge is -2.35. The van der Waals surface area contributed by atoms with Gasteiger partial charge in [0.15, 0.2) is 0 Å². The molecule has 1 aliphatic heterocycles. The van der Waals surface area contributed by atoms with E-state index in [-0.39, 0.29) is 18.1 Å². The van der Waals surface area contributed by atoms with E-state index in [0.29, 0.717) is 12.1 Å². The van der Waals surface area contributed by atoms with E-state index in [4.69, 9.17) is 4.74 Å². The van der Waals surface area contributed by atoms with Crippen molar-refractivity contribution in [3.63, 3.8) is 0 Å². The highest BCUT2D eigenvalue weighted by Crippen LogP contribution is 2.15. The number of benzene rings is 2. The minimum atomic E-state index is -0.0400. The minimum Gasteiger partial charge on any atom is -0.373 e. The number of carbonyl (C=O) groups is 1. The molecule has 2 aromatic carbocycles. The Bertz CT molecular complexity index is 721. The summed E-state index contributed by atoms with van der Waals surface area (Å²) in [5.74, 6) is -0.0400. The first-order chi connectivity index (χ1) is 12.5. The zero-order valence-electron chi connectivity index (χ0n) is 15.2. The molecule has 1 amide bonds. The fourth-order valence-electron chi connectivity index (χ4n) is 3.32. The quantitative estimate of drug-likeness (QED) is 0.685. The molecule has 2 unspecified atom stereocenters. The van der Waals surface area contributed by atoms with Crippen molar-refractivity contribution in [2.75, 3.05) is 13.1 Å². The first kappa shape index (κ1) is 19.3. The Morgan fingerprint density at radius 3 is 2.23 bits per heavy atom. The van der Waals surface area contributed by atoms with E-state index < -0.39 is 0 Å². The molecular formula is C21H25IN2O2. The van der Waals surface area contributed by atoms with Gasteiger partial charge in [-0.05, 0) is 71.8 Å². The summed E-state index contributed by atoms with van der Waals surface area (Å²) in [6, 6.07) is 16.1. The number of rotatable bonds is 5. The molecule has 2 aromatic rings. The topological polar surface area (TPSA) is 41.6 Å². The Kier molecular flexibility index (Phi) is 6.67. The van der Waals surface area contributed by atoms with E-state index in [1.54, 1.807) is 0 Å². The van der Waals surface area contributed by atoms with Gasteiger partial charge in [0.1, 0.15) is 0 Å². The van der Waals surface area contributed by atoms with Crippen LogP contribution in [-0.4, -0.2) is 36.1 Å². The lowest BCUT2D eigenvalue weighted by molar-refractivity contribution is -0.0704. The molecule has 3 rings (SSSR count). The van der Waals surface area contributed by atoms with Crippen LogP contribution in [0.2, 0.25) is 0 Å². The van der Waals surface area contributed by atoms with Crippen LogP contribution in [0.15, 0.2) is 48.5 Å². The molecule has 1 saturated heterocycles. The molecule has 5 heteroatoms. The van der Waals surface area contributed by atoms with Crippen molar-refractivity contribution in [2.45, 2.75) is 39.1 Å². The average molecular weight is 464 g/mol. The van der Waals surface area contributed by atoms with Crippen molar-refractivity contribution in [1.82, 2.24) is 10.2 Å². The molecule has 4 nitrogen and oxygen atoms in total. The van der Waals surface area contributed by atoms with Crippen LogP contribution in [0, 0.1) is 3.57 Å². The number of halogens is 1. The number of carbonyl (C=O) groups excluding carboxylic acids is 1. The highest BCUT2D eigenvalue weighted by molar-refractivity contribution is 14.1. The molecule has 26 heavy (non-hydrogen) atoms. The van der Waals surface area contributed by atoms with Crippen LogP contribution in [0.5, 0.6) is 0 Å². The van der Waals surface area contributed by atoms with Gasteiger partial charge < -0.3 is 10.1 Å². The van der Waals surface area contributed by atoms with Crippen molar-refractivity contribution < 1.29 is 9.53 Å². The molecule has 0 saturated carbocycles. The van der Waals surface area contributed by atoms with Crippen LogP contribution in [0.3, 0.4) is 0 Å². The summed E-state index contributed by atoms with van der Waals surface area (Å²) >= 11 is 2.23. The van der Waals surface area contributed by atoms with Gasteiger partial charge in [-0.2, -0.15) is 0 Å². The van der Waals surface area contributed by atoms with Crippen LogP contribution in [-0.2, 0) is 17.8 Å².